The van der Waals surface area contributed by atoms with Gasteiger partial charge in [-0.05, 0) is 36.5 Å². The Balaban J connectivity index is 1.97. The Labute approximate surface area is 167 Å². The molecule has 3 aromatic rings. The molecule has 0 saturated carbocycles. The zero-order chi connectivity index (χ0) is 19.2. The first-order valence-corrected chi connectivity index (χ1v) is 11.1. The highest BCUT2D eigenvalue weighted by atomic mass is 32.2. The van der Waals surface area contributed by atoms with Crippen LogP contribution < -0.4 is 5.32 Å². The van der Waals surface area contributed by atoms with Gasteiger partial charge in [0.05, 0.1) is 5.39 Å². The van der Waals surface area contributed by atoms with Gasteiger partial charge in [-0.25, -0.2) is 14.8 Å². The fourth-order valence-electron chi connectivity index (χ4n) is 2.82. The normalized spacial score (nSPS) is 12.2. The summed E-state index contributed by atoms with van der Waals surface area (Å²) in [7, 11) is 0. The van der Waals surface area contributed by atoms with Crippen LogP contribution in [0.4, 0.5) is 5.82 Å². The summed E-state index contributed by atoms with van der Waals surface area (Å²) in [6, 6.07) is 11.5. The lowest BCUT2D eigenvalue weighted by Crippen LogP contribution is -2.30. The van der Waals surface area contributed by atoms with Crippen LogP contribution in [0.2, 0.25) is 0 Å². The Morgan fingerprint density at radius 1 is 1.30 bits per heavy atom. The zero-order valence-corrected chi connectivity index (χ0v) is 17.1. The SMILES string of the molecule is CCc1cc2c(NC(CCSC)C(=O)O)nc(Cc3ccccc3)nc2s1. The van der Waals surface area contributed by atoms with E-state index in [4.69, 9.17) is 4.98 Å². The third-order valence-electron chi connectivity index (χ3n) is 4.26. The minimum atomic E-state index is -0.855. The van der Waals surface area contributed by atoms with E-state index >= 15 is 0 Å². The number of rotatable bonds is 9. The predicted octanol–water partition coefficient (Wildman–Crippen LogP) is 4.46. The van der Waals surface area contributed by atoms with E-state index in [2.05, 4.69) is 23.3 Å². The van der Waals surface area contributed by atoms with Gasteiger partial charge in [0.1, 0.15) is 22.5 Å². The van der Waals surface area contributed by atoms with Gasteiger partial charge in [0.25, 0.3) is 0 Å². The molecular formula is C20H23N3O2S2. The topological polar surface area (TPSA) is 75.1 Å². The van der Waals surface area contributed by atoms with Crippen LogP contribution in [0, 0.1) is 0 Å². The summed E-state index contributed by atoms with van der Waals surface area (Å²) >= 11 is 3.29. The molecule has 0 bridgehead atoms. The number of hydrogen-bond acceptors (Lipinski definition) is 6. The summed E-state index contributed by atoms with van der Waals surface area (Å²) in [6.45, 7) is 2.11. The number of aryl methyl sites for hydroxylation is 1. The molecule has 0 fully saturated rings. The highest BCUT2D eigenvalue weighted by Gasteiger charge is 2.20. The van der Waals surface area contributed by atoms with Gasteiger partial charge in [-0.15, -0.1) is 11.3 Å². The van der Waals surface area contributed by atoms with Crippen LogP contribution in [0.1, 0.15) is 29.6 Å². The van der Waals surface area contributed by atoms with Gasteiger partial charge in [0, 0.05) is 11.3 Å². The number of aromatic nitrogens is 2. The highest BCUT2D eigenvalue weighted by molar-refractivity contribution is 7.98. The zero-order valence-electron chi connectivity index (χ0n) is 15.4. The van der Waals surface area contributed by atoms with Crippen molar-refractivity contribution >= 4 is 45.1 Å². The molecule has 0 amide bonds. The maximum Gasteiger partial charge on any atom is 0.326 e. The molecule has 27 heavy (non-hydrogen) atoms. The first-order chi connectivity index (χ1) is 13.1. The van der Waals surface area contributed by atoms with Crippen molar-refractivity contribution < 1.29 is 9.90 Å². The Kier molecular flexibility index (Phi) is 6.68. The van der Waals surface area contributed by atoms with Gasteiger partial charge in [-0.2, -0.15) is 11.8 Å². The molecule has 2 heterocycles. The number of nitrogens with zero attached hydrogens (tertiary/aromatic N) is 2. The van der Waals surface area contributed by atoms with Crippen LogP contribution in [0.15, 0.2) is 36.4 Å². The summed E-state index contributed by atoms with van der Waals surface area (Å²) in [5, 5.41) is 13.6. The summed E-state index contributed by atoms with van der Waals surface area (Å²) in [4.78, 5) is 23.2. The summed E-state index contributed by atoms with van der Waals surface area (Å²) < 4.78 is 0. The molecule has 0 aliphatic heterocycles. The van der Waals surface area contributed by atoms with Crippen molar-refractivity contribution in [3.05, 3.63) is 52.7 Å². The smallest absolute Gasteiger partial charge is 0.326 e. The molecule has 0 saturated heterocycles. The number of hydrogen-bond donors (Lipinski definition) is 2. The Morgan fingerprint density at radius 3 is 2.74 bits per heavy atom. The molecule has 142 valence electrons. The van der Waals surface area contributed by atoms with Crippen molar-refractivity contribution in [1.82, 2.24) is 9.97 Å². The van der Waals surface area contributed by atoms with Gasteiger partial charge in [0.2, 0.25) is 0 Å². The van der Waals surface area contributed by atoms with E-state index < -0.39 is 12.0 Å². The fourth-order valence-corrected chi connectivity index (χ4v) is 4.27. The van der Waals surface area contributed by atoms with Crippen LogP contribution in [0.5, 0.6) is 0 Å². The molecule has 0 aliphatic carbocycles. The van der Waals surface area contributed by atoms with Crippen LogP contribution >= 0.6 is 23.1 Å². The van der Waals surface area contributed by atoms with E-state index in [0.29, 0.717) is 24.5 Å². The Morgan fingerprint density at radius 2 is 2.07 bits per heavy atom. The van der Waals surface area contributed by atoms with Gasteiger partial charge in [0.15, 0.2) is 0 Å². The number of aliphatic carboxylic acids is 1. The lowest BCUT2D eigenvalue weighted by molar-refractivity contribution is -0.137. The maximum absolute atomic E-state index is 11.7. The minimum absolute atomic E-state index is 0.542. The van der Waals surface area contributed by atoms with Crippen molar-refractivity contribution in [3.63, 3.8) is 0 Å². The van der Waals surface area contributed by atoms with Crippen molar-refractivity contribution in [1.29, 1.82) is 0 Å². The minimum Gasteiger partial charge on any atom is -0.480 e. The Hall–Kier alpha value is -2.12. The number of nitrogens with one attached hydrogen (secondary N) is 1. The van der Waals surface area contributed by atoms with Crippen molar-refractivity contribution in [2.75, 3.05) is 17.3 Å². The number of anilines is 1. The van der Waals surface area contributed by atoms with E-state index in [-0.39, 0.29) is 0 Å². The Bertz CT molecular complexity index is 912. The fraction of sp³-hybridized carbons (Fsp3) is 0.350. The lowest BCUT2D eigenvalue weighted by Gasteiger charge is -2.16. The number of benzene rings is 1. The summed E-state index contributed by atoms with van der Waals surface area (Å²) in [5.41, 5.74) is 1.13. The molecule has 1 aromatic carbocycles. The van der Waals surface area contributed by atoms with E-state index in [1.807, 2.05) is 36.6 Å². The van der Waals surface area contributed by atoms with Gasteiger partial charge in [-0.3, -0.25) is 0 Å². The van der Waals surface area contributed by atoms with Crippen LogP contribution in [-0.4, -0.2) is 39.1 Å². The van der Waals surface area contributed by atoms with Crippen molar-refractivity contribution in [2.24, 2.45) is 0 Å². The van der Waals surface area contributed by atoms with E-state index in [9.17, 15) is 9.90 Å². The predicted molar refractivity (Wildman–Crippen MR) is 114 cm³/mol. The third-order valence-corrected chi connectivity index (χ3v) is 6.08. The molecular weight excluding hydrogens is 378 g/mol. The number of carbonyl (C=O) groups is 1. The molecule has 2 N–H and O–H groups in total. The van der Waals surface area contributed by atoms with Crippen molar-refractivity contribution in [2.45, 2.75) is 32.2 Å². The molecule has 0 aliphatic rings. The monoisotopic (exact) mass is 401 g/mol. The van der Waals surface area contributed by atoms with E-state index in [1.165, 1.54) is 4.88 Å². The molecule has 0 radical (unpaired) electrons. The number of carboxylic acids is 1. The standard InChI is InChI=1S/C20H23N3O2S2/c1-3-14-12-15-18(21-16(20(24)25)9-10-26-2)22-17(23-19(15)27-14)11-13-7-5-4-6-8-13/h4-8,12,16H,3,9-11H2,1-2H3,(H,24,25)(H,21,22,23). The molecule has 0 spiro atoms. The van der Waals surface area contributed by atoms with Crippen LogP contribution in [0.3, 0.4) is 0 Å². The molecule has 3 rings (SSSR count). The van der Waals surface area contributed by atoms with Gasteiger partial charge < -0.3 is 10.4 Å². The average molecular weight is 402 g/mol. The second-order valence-corrected chi connectivity index (χ2v) is 8.35. The maximum atomic E-state index is 11.7. The second kappa shape index (κ2) is 9.19. The lowest BCUT2D eigenvalue weighted by atomic mass is 10.1. The van der Waals surface area contributed by atoms with Crippen molar-refractivity contribution in [3.8, 4) is 0 Å². The number of carboxylic acid groups (broad SMARTS) is 1. The van der Waals surface area contributed by atoms with E-state index in [0.717, 1.165) is 28.0 Å². The summed E-state index contributed by atoms with van der Waals surface area (Å²) in [5.74, 6) is 1.25. The first kappa shape index (κ1) is 19.6. The van der Waals surface area contributed by atoms with Crippen LogP contribution in [0.25, 0.3) is 10.2 Å². The average Bonchev–Trinajstić information content (AvgIpc) is 3.09. The number of thiophene rings is 1. The molecule has 1 unspecified atom stereocenters. The van der Waals surface area contributed by atoms with E-state index in [1.54, 1.807) is 23.1 Å². The van der Waals surface area contributed by atoms with Gasteiger partial charge >= 0.3 is 5.97 Å². The largest absolute Gasteiger partial charge is 0.480 e. The van der Waals surface area contributed by atoms with Crippen LogP contribution in [-0.2, 0) is 17.6 Å². The number of thioether (sulfide) groups is 1. The summed E-state index contributed by atoms with van der Waals surface area (Å²) in [6.07, 6.45) is 4.06. The quantitative estimate of drug-likeness (QED) is 0.551. The second-order valence-electron chi connectivity index (χ2n) is 6.25. The third kappa shape index (κ3) is 4.99. The first-order valence-electron chi connectivity index (χ1n) is 8.92. The number of fused-ring (bicyclic) bond motifs is 1. The molecule has 2 aromatic heterocycles. The molecule has 5 nitrogen and oxygen atoms in total. The van der Waals surface area contributed by atoms with Gasteiger partial charge in [-0.1, -0.05) is 37.3 Å². The molecule has 7 heteroatoms. The molecule has 1 atom stereocenters. The highest BCUT2D eigenvalue weighted by Crippen LogP contribution is 2.30.